The van der Waals surface area contributed by atoms with Gasteiger partial charge in [-0.25, -0.2) is 9.97 Å². The predicted molar refractivity (Wildman–Crippen MR) is 92.9 cm³/mol. The van der Waals surface area contributed by atoms with E-state index in [1.165, 1.54) is 5.69 Å². The number of aromatic nitrogens is 4. The van der Waals surface area contributed by atoms with Gasteiger partial charge in [-0.2, -0.15) is 5.10 Å². The Kier molecular flexibility index (Phi) is 5.30. The number of hydrogen-bond donors (Lipinski definition) is 1. The number of ether oxygens (including phenoxy) is 1. The Labute approximate surface area is 143 Å². The lowest BCUT2D eigenvalue weighted by atomic mass is 10.2. The molecule has 1 N–H and O–H groups in total. The molecule has 3 rings (SSSR count). The third-order valence-corrected chi connectivity index (χ3v) is 4.06. The standard InChI is InChI=1S/C17H26N6O/c1-13(2)11-22-5-4-6-23-15(12-22)7-14(21-23)8-18-17-19-9-16(24-3)10-20-17/h7,9-10,13H,4-6,8,11-12H2,1-3H3,(H,18,19,20). The molecule has 7 nitrogen and oxygen atoms in total. The van der Waals surface area contributed by atoms with Crippen LogP contribution >= 0.6 is 0 Å². The maximum atomic E-state index is 5.06. The van der Waals surface area contributed by atoms with E-state index >= 15 is 0 Å². The molecule has 1 aliphatic heterocycles. The second-order valence-electron chi connectivity index (χ2n) is 6.63. The summed E-state index contributed by atoms with van der Waals surface area (Å²) in [5, 5.41) is 7.93. The summed E-state index contributed by atoms with van der Waals surface area (Å²) in [7, 11) is 1.60. The summed E-state index contributed by atoms with van der Waals surface area (Å²) >= 11 is 0. The van der Waals surface area contributed by atoms with Crippen molar-refractivity contribution in [3.63, 3.8) is 0 Å². The van der Waals surface area contributed by atoms with Crippen LogP contribution in [0, 0.1) is 5.92 Å². The van der Waals surface area contributed by atoms with E-state index in [0.717, 1.165) is 38.3 Å². The molecule has 0 aromatic carbocycles. The van der Waals surface area contributed by atoms with Gasteiger partial charge < -0.3 is 10.1 Å². The van der Waals surface area contributed by atoms with E-state index in [2.05, 4.69) is 44.8 Å². The predicted octanol–water partition coefficient (Wildman–Crippen LogP) is 2.16. The minimum atomic E-state index is 0.584. The fraction of sp³-hybridized carbons (Fsp3) is 0.588. The van der Waals surface area contributed by atoms with Crippen molar-refractivity contribution < 1.29 is 4.74 Å². The summed E-state index contributed by atoms with van der Waals surface area (Å²) in [6.45, 7) is 9.41. The first-order valence-electron chi connectivity index (χ1n) is 8.52. The molecule has 0 spiro atoms. The van der Waals surface area contributed by atoms with E-state index in [-0.39, 0.29) is 0 Å². The van der Waals surface area contributed by atoms with Crippen LogP contribution in [0.2, 0.25) is 0 Å². The third kappa shape index (κ3) is 4.23. The first-order chi connectivity index (χ1) is 11.6. The fourth-order valence-electron chi connectivity index (χ4n) is 3.03. The molecule has 0 saturated heterocycles. The van der Waals surface area contributed by atoms with Crippen molar-refractivity contribution in [2.75, 3.05) is 25.5 Å². The number of nitrogens with one attached hydrogen (secondary N) is 1. The van der Waals surface area contributed by atoms with Crippen LogP contribution in [0.5, 0.6) is 5.75 Å². The molecule has 24 heavy (non-hydrogen) atoms. The van der Waals surface area contributed by atoms with Gasteiger partial charge in [-0.1, -0.05) is 13.8 Å². The van der Waals surface area contributed by atoms with E-state index in [9.17, 15) is 0 Å². The molecule has 0 radical (unpaired) electrons. The van der Waals surface area contributed by atoms with E-state index < -0.39 is 0 Å². The van der Waals surface area contributed by atoms with Crippen LogP contribution in [-0.2, 0) is 19.6 Å². The largest absolute Gasteiger partial charge is 0.494 e. The fourth-order valence-corrected chi connectivity index (χ4v) is 3.03. The van der Waals surface area contributed by atoms with Crippen molar-refractivity contribution in [3.8, 4) is 5.75 Å². The molecule has 0 aliphatic carbocycles. The summed E-state index contributed by atoms with van der Waals surface area (Å²) in [6.07, 6.45) is 4.46. The molecular formula is C17H26N6O. The summed E-state index contributed by atoms with van der Waals surface area (Å²) in [5.74, 6) is 1.92. The SMILES string of the molecule is COc1cnc(NCc2cc3n(n2)CCCN(CC(C)C)C3)nc1. The van der Waals surface area contributed by atoms with Crippen LogP contribution in [0.3, 0.4) is 0 Å². The van der Waals surface area contributed by atoms with E-state index in [1.54, 1.807) is 19.5 Å². The Morgan fingerprint density at radius 2 is 2.04 bits per heavy atom. The topological polar surface area (TPSA) is 68.1 Å². The van der Waals surface area contributed by atoms with Crippen LogP contribution in [0.15, 0.2) is 18.5 Å². The number of methoxy groups -OCH3 is 1. The number of fused-ring (bicyclic) bond motifs is 1. The van der Waals surface area contributed by atoms with Crippen LogP contribution in [0.25, 0.3) is 0 Å². The van der Waals surface area contributed by atoms with Crippen LogP contribution in [0.4, 0.5) is 5.95 Å². The highest BCUT2D eigenvalue weighted by molar-refractivity contribution is 5.28. The molecule has 2 aromatic rings. The van der Waals surface area contributed by atoms with Gasteiger partial charge in [0.25, 0.3) is 0 Å². The molecule has 1 aliphatic rings. The van der Waals surface area contributed by atoms with Gasteiger partial charge >= 0.3 is 0 Å². The van der Waals surface area contributed by atoms with Gasteiger partial charge in [0, 0.05) is 26.2 Å². The Balaban J connectivity index is 1.61. The van der Waals surface area contributed by atoms with Crippen molar-refractivity contribution in [2.45, 2.75) is 39.9 Å². The summed E-state index contributed by atoms with van der Waals surface area (Å²) in [4.78, 5) is 11.0. The third-order valence-electron chi connectivity index (χ3n) is 4.06. The van der Waals surface area contributed by atoms with E-state index in [0.29, 0.717) is 24.2 Å². The highest BCUT2D eigenvalue weighted by Gasteiger charge is 2.17. The molecule has 0 saturated carbocycles. The van der Waals surface area contributed by atoms with Crippen molar-refractivity contribution in [1.29, 1.82) is 0 Å². The number of nitrogens with zero attached hydrogens (tertiary/aromatic N) is 5. The Hall–Kier alpha value is -2.15. The zero-order chi connectivity index (χ0) is 16.9. The number of hydrogen-bond acceptors (Lipinski definition) is 6. The maximum Gasteiger partial charge on any atom is 0.223 e. The minimum absolute atomic E-state index is 0.584. The molecular weight excluding hydrogens is 304 g/mol. The van der Waals surface area contributed by atoms with Gasteiger partial charge in [-0.05, 0) is 18.4 Å². The van der Waals surface area contributed by atoms with Gasteiger partial charge in [-0.15, -0.1) is 0 Å². The van der Waals surface area contributed by atoms with Crippen LogP contribution < -0.4 is 10.1 Å². The van der Waals surface area contributed by atoms with Crippen molar-refractivity contribution in [2.24, 2.45) is 5.92 Å². The number of rotatable bonds is 6. The van der Waals surface area contributed by atoms with Crippen molar-refractivity contribution in [3.05, 3.63) is 29.8 Å². The lowest BCUT2D eigenvalue weighted by molar-refractivity contribution is 0.239. The Morgan fingerprint density at radius 1 is 1.25 bits per heavy atom. The first kappa shape index (κ1) is 16.7. The molecule has 0 unspecified atom stereocenters. The number of aryl methyl sites for hydroxylation is 1. The lowest BCUT2D eigenvalue weighted by Gasteiger charge is -2.21. The van der Waals surface area contributed by atoms with Gasteiger partial charge in [-0.3, -0.25) is 9.58 Å². The molecule has 7 heteroatoms. The zero-order valence-electron chi connectivity index (χ0n) is 14.7. The second kappa shape index (κ2) is 7.61. The number of anilines is 1. The van der Waals surface area contributed by atoms with Crippen LogP contribution in [0.1, 0.15) is 31.7 Å². The van der Waals surface area contributed by atoms with Crippen LogP contribution in [-0.4, -0.2) is 44.8 Å². The molecule has 0 fully saturated rings. The van der Waals surface area contributed by atoms with Crippen molar-refractivity contribution in [1.82, 2.24) is 24.6 Å². The molecule has 0 bridgehead atoms. The quantitative estimate of drug-likeness (QED) is 0.875. The molecule has 0 amide bonds. The second-order valence-corrected chi connectivity index (χ2v) is 6.63. The molecule has 0 atom stereocenters. The Morgan fingerprint density at radius 3 is 2.75 bits per heavy atom. The van der Waals surface area contributed by atoms with Gasteiger partial charge in [0.05, 0.1) is 37.4 Å². The van der Waals surface area contributed by atoms with E-state index in [1.807, 2.05) is 0 Å². The molecule has 3 heterocycles. The average molecular weight is 330 g/mol. The van der Waals surface area contributed by atoms with Crippen molar-refractivity contribution >= 4 is 5.95 Å². The highest BCUT2D eigenvalue weighted by atomic mass is 16.5. The summed E-state index contributed by atoms with van der Waals surface area (Å²) < 4.78 is 7.21. The molecule has 2 aromatic heterocycles. The average Bonchev–Trinajstić information content (AvgIpc) is 2.85. The summed E-state index contributed by atoms with van der Waals surface area (Å²) in [5.41, 5.74) is 2.32. The van der Waals surface area contributed by atoms with Gasteiger partial charge in [0.1, 0.15) is 0 Å². The van der Waals surface area contributed by atoms with Gasteiger partial charge in [0.15, 0.2) is 5.75 Å². The first-order valence-corrected chi connectivity index (χ1v) is 8.52. The maximum absolute atomic E-state index is 5.06. The minimum Gasteiger partial charge on any atom is -0.494 e. The Bertz CT molecular complexity index is 652. The van der Waals surface area contributed by atoms with Gasteiger partial charge in [0.2, 0.25) is 5.95 Å². The molecule has 130 valence electrons. The normalized spacial score (nSPS) is 15.2. The smallest absolute Gasteiger partial charge is 0.223 e. The highest BCUT2D eigenvalue weighted by Crippen LogP contribution is 2.16. The van der Waals surface area contributed by atoms with E-state index in [4.69, 9.17) is 9.84 Å². The zero-order valence-corrected chi connectivity index (χ0v) is 14.7. The monoisotopic (exact) mass is 330 g/mol. The summed E-state index contributed by atoms with van der Waals surface area (Å²) in [6, 6.07) is 2.19. The lowest BCUT2D eigenvalue weighted by Crippen LogP contribution is -2.27.